The third-order valence-electron chi connectivity index (χ3n) is 3.01. The Morgan fingerprint density at radius 1 is 1.30 bits per heavy atom. The minimum absolute atomic E-state index is 0.151. The summed E-state index contributed by atoms with van der Waals surface area (Å²) in [7, 11) is 0. The van der Waals surface area contributed by atoms with E-state index in [-0.39, 0.29) is 18.9 Å². The number of carboxylic acid groups (broad SMARTS) is 1. The van der Waals surface area contributed by atoms with Crippen LogP contribution in [0.15, 0.2) is 0 Å². The Bertz CT molecular complexity index is 379. The van der Waals surface area contributed by atoms with Gasteiger partial charge in [0.1, 0.15) is 6.54 Å². The van der Waals surface area contributed by atoms with E-state index in [2.05, 4.69) is 5.32 Å². The molecular formula is C12H19F3N2O3. The van der Waals surface area contributed by atoms with E-state index in [1.807, 2.05) is 0 Å². The fourth-order valence-electron chi connectivity index (χ4n) is 1.79. The molecule has 2 amide bonds. The Kier molecular flexibility index (Phi) is 4.88. The molecule has 8 heteroatoms. The lowest BCUT2D eigenvalue weighted by atomic mass is 9.99. The molecule has 5 nitrogen and oxygen atoms in total. The largest absolute Gasteiger partial charge is 0.481 e. The van der Waals surface area contributed by atoms with E-state index in [9.17, 15) is 22.8 Å². The molecule has 0 heterocycles. The number of halogens is 3. The first-order valence-electron chi connectivity index (χ1n) is 6.37. The number of rotatable bonds is 6. The molecular weight excluding hydrogens is 277 g/mol. The van der Waals surface area contributed by atoms with Gasteiger partial charge in [0.2, 0.25) is 0 Å². The summed E-state index contributed by atoms with van der Waals surface area (Å²) in [5.74, 6) is -1.01. The minimum Gasteiger partial charge on any atom is -0.481 e. The molecule has 1 aliphatic carbocycles. The van der Waals surface area contributed by atoms with Crippen molar-refractivity contribution >= 4 is 12.0 Å². The number of hydrogen-bond donors (Lipinski definition) is 2. The van der Waals surface area contributed by atoms with Crippen LogP contribution in [-0.4, -0.2) is 46.3 Å². The predicted molar refractivity (Wildman–Crippen MR) is 65.3 cm³/mol. The Hall–Kier alpha value is -1.47. The molecule has 0 aromatic rings. The monoisotopic (exact) mass is 296 g/mol. The van der Waals surface area contributed by atoms with Crippen molar-refractivity contribution in [2.45, 2.75) is 57.3 Å². The first-order chi connectivity index (χ1) is 9.00. The summed E-state index contributed by atoms with van der Waals surface area (Å²) in [5, 5.41) is 11.1. The van der Waals surface area contributed by atoms with Crippen molar-refractivity contribution in [3.05, 3.63) is 0 Å². The molecule has 0 aromatic heterocycles. The molecule has 1 fully saturated rings. The molecule has 1 aliphatic rings. The Labute approximate surface area is 115 Å². The van der Waals surface area contributed by atoms with Crippen LogP contribution < -0.4 is 5.32 Å². The van der Waals surface area contributed by atoms with Crippen molar-refractivity contribution in [3.8, 4) is 0 Å². The SMILES string of the molecule is CC(C)(CCC(=O)O)NC(=O)N(CC(F)(F)F)C1CC1. The highest BCUT2D eigenvalue weighted by atomic mass is 19.4. The molecule has 1 rings (SSSR count). The quantitative estimate of drug-likeness (QED) is 0.790. The summed E-state index contributed by atoms with van der Waals surface area (Å²) < 4.78 is 37.3. The second-order valence-electron chi connectivity index (χ2n) is 5.68. The van der Waals surface area contributed by atoms with Gasteiger partial charge in [-0.3, -0.25) is 4.79 Å². The number of carbonyl (C=O) groups is 2. The van der Waals surface area contributed by atoms with E-state index in [0.29, 0.717) is 12.8 Å². The zero-order chi connectivity index (χ0) is 15.6. The number of nitrogens with one attached hydrogen (secondary N) is 1. The number of urea groups is 1. The molecule has 0 aliphatic heterocycles. The van der Waals surface area contributed by atoms with E-state index in [0.717, 1.165) is 4.90 Å². The van der Waals surface area contributed by atoms with Crippen molar-refractivity contribution in [1.82, 2.24) is 10.2 Å². The van der Waals surface area contributed by atoms with Gasteiger partial charge in [0, 0.05) is 18.0 Å². The van der Waals surface area contributed by atoms with Crippen LogP contribution in [0.25, 0.3) is 0 Å². The topological polar surface area (TPSA) is 69.6 Å². The highest BCUT2D eigenvalue weighted by molar-refractivity contribution is 5.76. The van der Waals surface area contributed by atoms with Crippen LogP contribution in [0.2, 0.25) is 0 Å². The fourth-order valence-corrected chi connectivity index (χ4v) is 1.79. The number of aliphatic carboxylic acids is 1. The molecule has 116 valence electrons. The Morgan fingerprint density at radius 2 is 1.85 bits per heavy atom. The second kappa shape index (κ2) is 5.88. The van der Waals surface area contributed by atoms with Crippen molar-refractivity contribution in [1.29, 1.82) is 0 Å². The first kappa shape index (κ1) is 16.6. The highest BCUT2D eigenvalue weighted by Crippen LogP contribution is 2.30. The molecule has 0 spiro atoms. The number of hydrogen-bond acceptors (Lipinski definition) is 2. The van der Waals surface area contributed by atoms with Crippen LogP contribution in [0.5, 0.6) is 0 Å². The average molecular weight is 296 g/mol. The van der Waals surface area contributed by atoms with Crippen LogP contribution in [-0.2, 0) is 4.79 Å². The average Bonchev–Trinajstić information content (AvgIpc) is 3.05. The molecule has 0 saturated heterocycles. The van der Waals surface area contributed by atoms with Gasteiger partial charge in [0.05, 0.1) is 0 Å². The normalized spacial score (nSPS) is 15.8. The van der Waals surface area contributed by atoms with Gasteiger partial charge in [-0.2, -0.15) is 13.2 Å². The lowest BCUT2D eigenvalue weighted by Gasteiger charge is -2.31. The lowest BCUT2D eigenvalue weighted by molar-refractivity contribution is -0.141. The van der Waals surface area contributed by atoms with Crippen LogP contribution in [0.4, 0.5) is 18.0 Å². The molecule has 0 aromatic carbocycles. The standard InChI is InChI=1S/C12H19F3N2O3/c1-11(2,6-5-9(18)19)16-10(20)17(8-3-4-8)7-12(13,14)15/h8H,3-7H2,1-2H3,(H,16,20)(H,18,19). The van der Waals surface area contributed by atoms with Gasteiger partial charge in [0.25, 0.3) is 0 Å². The second-order valence-corrected chi connectivity index (χ2v) is 5.68. The van der Waals surface area contributed by atoms with E-state index in [1.54, 1.807) is 13.8 Å². The van der Waals surface area contributed by atoms with Gasteiger partial charge in [-0.05, 0) is 33.1 Å². The van der Waals surface area contributed by atoms with Gasteiger partial charge in [-0.1, -0.05) is 0 Å². The van der Waals surface area contributed by atoms with E-state index < -0.39 is 30.3 Å². The van der Waals surface area contributed by atoms with Gasteiger partial charge in [-0.15, -0.1) is 0 Å². The molecule has 0 unspecified atom stereocenters. The maximum atomic E-state index is 12.4. The summed E-state index contributed by atoms with van der Waals surface area (Å²) in [4.78, 5) is 23.2. The number of carbonyl (C=O) groups excluding carboxylic acids is 1. The van der Waals surface area contributed by atoms with Gasteiger partial charge in [-0.25, -0.2) is 4.79 Å². The third-order valence-corrected chi connectivity index (χ3v) is 3.01. The number of amides is 2. The number of alkyl halides is 3. The van der Waals surface area contributed by atoms with Crippen molar-refractivity contribution in [3.63, 3.8) is 0 Å². The molecule has 0 atom stereocenters. The number of carboxylic acids is 1. The number of nitrogens with zero attached hydrogens (tertiary/aromatic N) is 1. The van der Waals surface area contributed by atoms with Gasteiger partial charge >= 0.3 is 18.2 Å². The minimum atomic E-state index is -4.44. The Balaban J connectivity index is 2.59. The molecule has 20 heavy (non-hydrogen) atoms. The molecule has 2 N–H and O–H groups in total. The molecule has 0 bridgehead atoms. The van der Waals surface area contributed by atoms with Crippen molar-refractivity contribution in [2.24, 2.45) is 0 Å². The van der Waals surface area contributed by atoms with Crippen molar-refractivity contribution < 1.29 is 27.9 Å². The Morgan fingerprint density at radius 3 is 2.25 bits per heavy atom. The van der Waals surface area contributed by atoms with E-state index in [1.165, 1.54) is 0 Å². The fraction of sp³-hybridized carbons (Fsp3) is 0.833. The van der Waals surface area contributed by atoms with Crippen LogP contribution in [0, 0.1) is 0 Å². The lowest BCUT2D eigenvalue weighted by Crippen LogP contribution is -2.53. The predicted octanol–water partition coefficient (Wildman–Crippen LogP) is 2.37. The summed E-state index contributed by atoms with van der Waals surface area (Å²) in [6.45, 7) is 1.90. The maximum absolute atomic E-state index is 12.4. The zero-order valence-electron chi connectivity index (χ0n) is 11.5. The van der Waals surface area contributed by atoms with Crippen LogP contribution >= 0.6 is 0 Å². The summed E-state index contributed by atoms with van der Waals surface area (Å²) >= 11 is 0. The van der Waals surface area contributed by atoms with Crippen LogP contribution in [0.1, 0.15) is 39.5 Å². The summed E-state index contributed by atoms with van der Waals surface area (Å²) in [5.41, 5.74) is -0.867. The smallest absolute Gasteiger partial charge is 0.406 e. The summed E-state index contributed by atoms with van der Waals surface area (Å²) in [6, 6.07) is -1.16. The van der Waals surface area contributed by atoms with E-state index in [4.69, 9.17) is 5.11 Å². The van der Waals surface area contributed by atoms with Gasteiger partial charge < -0.3 is 15.3 Å². The van der Waals surface area contributed by atoms with Gasteiger partial charge in [0.15, 0.2) is 0 Å². The molecule has 1 saturated carbocycles. The third kappa shape index (κ3) is 6.12. The molecule has 0 radical (unpaired) electrons. The highest BCUT2D eigenvalue weighted by Gasteiger charge is 2.41. The summed E-state index contributed by atoms with van der Waals surface area (Å²) in [6.07, 6.45) is -3.31. The first-order valence-corrected chi connectivity index (χ1v) is 6.37. The van der Waals surface area contributed by atoms with Crippen molar-refractivity contribution in [2.75, 3.05) is 6.54 Å². The zero-order valence-corrected chi connectivity index (χ0v) is 11.5. The van der Waals surface area contributed by atoms with Crippen LogP contribution in [0.3, 0.4) is 0 Å². The van der Waals surface area contributed by atoms with E-state index >= 15 is 0 Å². The maximum Gasteiger partial charge on any atom is 0.406 e.